The summed E-state index contributed by atoms with van der Waals surface area (Å²) in [6.45, 7) is 2.76. The number of rotatable bonds is 7. The van der Waals surface area contributed by atoms with Gasteiger partial charge in [0.1, 0.15) is 0 Å². The van der Waals surface area contributed by atoms with Gasteiger partial charge in [-0.15, -0.1) is 0 Å². The summed E-state index contributed by atoms with van der Waals surface area (Å²) >= 11 is 0. The molecule has 0 saturated heterocycles. The molecule has 0 aromatic heterocycles. The topological polar surface area (TPSA) is 66.4 Å². The van der Waals surface area contributed by atoms with Crippen LogP contribution >= 0.6 is 0 Å². The number of nitrogens with one attached hydrogen (secondary N) is 1. The SMILES string of the molecule is CCC(CC)(CC(=O)NCCC(F)(F)F)C(=O)O. The fourth-order valence-electron chi connectivity index (χ4n) is 1.59. The number of carboxylic acid groups (broad SMARTS) is 1. The van der Waals surface area contributed by atoms with E-state index in [1.54, 1.807) is 13.8 Å². The Morgan fingerprint density at radius 2 is 1.67 bits per heavy atom. The summed E-state index contributed by atoms with van der Waals surface area (Å²) in [7, 11) is 0. The van der Waals surface area contributed by atoms with Crippen LogP contribution < -0.4 is 5.32 Å². The number of aliphatic carboxylic acids is 1. The van der Waals surface area contributed by atoms with Crippen LogP contribution in [0.1, 0.15) is 39.5 Å². The first-order valence-electron chi connectivity index (χ1n) is 5.73. The second kappa shape index (κ2) is 6.61. The third kappa shape index (κ3) is 5.37. The minimum Gasteiger partial charge on any atom is -0.481 e. The van der Waals surface area contributed by atoms with E-state index in [0.717, 1.165) is 0 Å². The maximum Gasteiger partial charge on any atom is 0.390 e. The van der Waals surface area contributed by atoms with Gasteiger partial charge in [0.25, 0.3) is 0 Å². The van der Waals surface area contributed by atoms with Crippen molar-refractivity contribution in [1.82, 2.24) is 5.32 Å². The van der Waals surface area contributed by atoms with Crippen molar-refractivity contribution >= 4 is 11.9 Å². The van der Waals surface area contributed by atoms with Gasteiger partial charge in [-0.25, -0.2) is 0 Å². The zero-order chi connectivity index (χ0) is 14.4. The van der Waals surface area contributed by atoms with Gasteiger partial charge in [0.2, 0.25) is 5.91 Å². The fraction of sp³-hybridized carbons (Fsp3) is 0.818. The van der Waals surface area contributed by atoms with Crippen LogP contribution in [0.2, 0.25) is 0 Å². The highest BCUT2D eigenvalue weighted by Gasteiger charge is 2.37. The van der Waals surface area contributed by atoms with Gasteiger partial charge in [0.05, 0.1) is 11.8 Å². The van der Waals surface area contributed by atoms with E-state index in [9.17, 15) is 22.8 Å². The van der Waals surface area contributed by atoms with E-state index in [2.05, 4.69) is 5.32 Å². The summed E-state index contributed by atoms with van der Waals surface area (Å²) in [6, 6.07) is 0. The lowest BCUT2D eigenvalue weighted by Crippen LogP contribution is -2.37. The van der Waals surface area contributed by atoms with Crippen molar-refractivity contribution in [2.45, 2.75) is 45.7 Å². The first-order chi connectivity index (χ1) is 8.17. The quantitative estimate of drug-likeness (QED) is 0.745. The Bertz CT molecular complexity index is 298. The standard InChI is InChI=1S/C11H18F3NO3/c1-3-10(4-2,9(17)18)7-8(16)15-6-5-11(12,13)14/h3-7H2,1-2H3,(H,15,16)(H,17,18). The monoisotopic (exact) mass is 269 g/mol. The van der Waals surface area contributed by atoms with Crippen molar-refractivity contribution in [3.63, 3.8) is 0 Å². The first kappa shape index (κ1) is 16.7. The Labute approximate surface area is 104 Å². The largest absolute Gasteiger partial charge is 0.481 e. The van der Waals surface area contributed by atoms with Crippen LogP contribution in [-0.4, -0.2) is 29.7 Å². The highest BCUT2D eigenvalue weighted by atomic mass is 19.4. The molecule has 0 radical (unpaired) electrons. The van der Waals surface area contributed by atoms with Crippen LogP contribution in [0, 0.1) is 5.41 Å². The Hall–Kier alpha value is -1.27. The zero-order valence-electron chi connectivity index (χ0n) is 10.4. The molecule has 7 heteroatoms. The van der Waals surface area contributed by atoms with E-state index in [4.69, 9.17) is 5.11 Å². The predicted molar refractivity (Wildman–Crippen MR) is 58.9 cm³/mol. The molecule has 0 aromatic carbocycles. The Kier molecular flexibility index (Phi) is 6.14. The van der Waals surface area contributed by atoms with Gasteiger partial charge >= 0.3 is 12.1 Å². The van der Waals surface area contributed by atoms with Gasteiger partial charge in [-0.3, -0.25) is 9.59 Å². The summed E-state index contributed by atoms with van der Waals surface area (Å²) in [5.74, 6) is -1.76. The van der Waals surface area contributed by atoms with E-state index >= 15 is 0 Å². The maximum absolute atomic E-state index is 11.9. The van der Waals surface area contributed by atoms with Gasteiger partial charge < -0.3 is 10.4 Å². The van der Waals surface area contributed by atoms with Gasteiger partial charge in [0, 0.05) is 13.0 Å². The molecule has 0 unspecified atom stereocenters. The molecule has 0 fully saturated rings. The molecule has 0 aliphatic rings. The second-order valence-electron chi connectivity index (χ2n) is 4.18. The zero-order valence-corrected chi connectivity index (χ0v) is 10.4. The van der Waals surface area contributed by atoms with Crippen molar-refractivity contribution in [1.29, 1.82) is 0 Å². The summed E-state index contributed by atoms with van der Waals surface area (Å²) in [5.41, 5.74) is -1.19. The van der Waals surface area contributed by atoms with Crippen molar-refractivity contribution in [3.8, 4) is 0 Å². The molecule has 0 atom stereocenters. The first-order valence-corrected chi connectivity index (χ1v) is 5.73. The number of hydrogen-bond acceptors (Lipinski definition) is 2. The van der Waals surface area contributed by atoms with Crippen molar-refractivity contribution < 1.29 is 27.9 Å². The van der Waals surface area contributed by atoms with Crippen molar-refractivity contribution in [2.24, 2.45) is 5.41 Å². The summed E-state index contributed by atoms with van der Waals surface area (Å²) in [5, 5.41) is 11.2. The van der Waals surface area contributed by atoms with Crippen LogP contribution in [0.4, 0.5) is 13.2 Å². The highest BCUT2D eigenvalue weighted by Crippen LogP contribution is 2.30. The number of carboxylic acids is 1. The molecule has 0 heterocycles. The normalized spacial score (nSPS) is 12.3. The maximum atomic E-state index is 11.9. The lowest BCUT2D eigenvalue weighted by Gasteiger charge is -2.25. The molecule has 0 saturated carbocycles. The van der Waals surface area contributed by atoms with E-state index < -0.39 is 36.4 Å². The summed E-state index contributed by atoms with van der Waals surface area (Å²) in [6.07, 6.45) is -5.23. The molecule has 0 rings (SSSR count). The summed E-state index contributed by atoms with van der Waals surface area (Å²) in [4.78, 5) is 22.5. The van der Waals surface area contributed by atoms with Gasteiger partial charge in [-0.05, 0) is 12.8 Å². The van der Waals surface area contributed by atoms with Crippen LogP contribution in [-0.2, 0) is 9.59 Å². The third-order valence-electron chi connectivity index (χ3n) is 3.04. The van der Waals surface area contributed by atoms with Crippen LogP contribution in [0.15, 0.2) is 0 Å². The Morgan fingerprint density at radius 1 is 1.17 bits per heavy atom. The predicted octanol–water partition coefficient (Wildman–Crippen LogP) is 2.34. The number of amides is 1. The Morgan fingerprint density at radius 3 is 2.00 bits per heavy atom. The molecule has 1 amide bonds. The lowest BCUT2D eigenvalue weighted by molar-refractivity contribution is -0.153. The summed E-state index contributed by atoms with van der Waals surface area (Å²) < 4.78 is 35.6. The average molecular weight is 269 g/mol. The number of alkyl halides is 3. The number of carbonyl (C=O) groups is 2. The van der Waals surface area contributed by atoms with E-state index in [1.165, 1.54) is 0 Å². The molecule has 2 N–H and O–H groups in total. The Balaban J connectivity index is 4.33. The third-order valence-corrected chi connectivity index (χ3v) is 3.04. The number of halogens is 3. The van der Waals surface area contributed by atoms with Gasteiger partial charge in [-0.1, -0.05) is 13.8 Å². The molecule has 0 aliphatic heterocycles. The fourth-order valence-corrected chi connectivity index (χ4v) is 1.59. The van der Waals surface area contributed by atoms with Gasteiger partial charge in [-0.2, -0.15) is 13.2 Å². The average Bonchev–Trinajstić information content (AvgIpc) is 2.23. The minimum absolute atomic E-state index is 0.255. The van der Waals surface area contributed by atoms with Gasteiger partial charge in [0.15, 0.2) is 0 Å². The minimum atomic E-state index is -4.33. The number of hydrogen-bond donors (Lipinski definition) is 2. The molecule has 18 heavy (non-hydrogen) atoms. The van der Waals surface area contributed by atoms with Crippen molar-refractivity contribution in [3.05, 3.63) is 0 Å². The molecule has 0 aromatic rings. The van der Waals surface area contributed by atoms with Crippen LogP contribution in [0.5, 0.6) is 0 Å². The molecule has 0 aliphatic carbocycles. The molecule has 0 spiro atoms. The van der Waals surface area contributed by atoms with Crippen LogP contribution in [0.25, 0.3) is 0 Å². The molecular weight excluding hydrogens is 251 g/mol. The molecule has 4 nitrogen and oxygen atoms in total. The van der Waals surface area contributed by atoms with E-state index in [0.29, 0.717) is 0 Å². The smallest absolute Gasteiger partial charge is 0.390 e. The molecular formula is C11H18F3NO3. The van der Waals surface area contributed by atoms with E-state index in [-0.39, 0.29) is 19.3 Å². The molecule has 0 bridgehead atoms. The van der Waals surface area contributed by atoms with E-state index in [1.807, 2.05) is 0 Å². The van der Waals surface area contributed by atoms with Crippen molar-refractivity contribution in [2.75, 3.05) is 6.54 Å². The van der Waals surface area contributed by atoms with Crippen LogP contribution in [0.3, 0.4) is 0 Å². The number of carbonyl (C=O) groups excluding carboxylic acids is 1. The lowest BCUT2D eigenvalue weighted by atomic mass is 9.79. The highest BCUT2D eigenvalue weighted by molar-refractivity contribution is 5.84. The molecule has 106 valence electrons. The second-order valence-corrected chi connectivity index (χ2v) is 4.18.